The second-order valence-corrected chi connectivity index (χ2v) is 8.17. The first-order valence-corrected chi connectivity index (χ1v) is 11.3. The molecule has 7 nitrogen and oxygen atoms in total. The smallest absolute Gasteiger partial charge is 0.355 e. The van der Waals surface area contributed by atoms with Crippen LogP contribution in [0.5, 0.6) is 0 Å². The second-order valence-electron chi connectivity index (χ2n) is 8.17. The Labute approximate surface area is 202 Å². The third-order valence-corrected chi connectivity index (χ3v) is 5.29. The summed E-state index contributed by atoms with van der Waals surface area (Å²) in [7, 11) is 0. The van der Waals surface area contributed by atoms with E-state index in [4.69, 9.17) is 0 Å². The van der Waals surface area contributed by atoms with Gasteiger partial charge in [-0.05, 0) is 63.1 Å². The highest BCUT2D eigenvalue weighted by Gasteiger charge is 2.31. The van der Waals surface area contributed by atoms with Crippen molar-refractivity contribution in [3.05, 3.63) is 70.3 Å². The van der Waals surface area contributed by atoms with Crippen molar-refractivity contribution in [3.8, 4) is 0 Å². The number of hydrogen-bond donors (Lipinski definition) is 4. The van der Waals surface area contributed by atoms with Crippen molar-refractivity contribution < 1.29 is 27.6 Å². The molecule has 0 saturated heterocycles. The molecule has 2 aromatic carbocycles. The summed E-state index contributed by atoms with van der Waals surface area (Å²) in [6.07, 6.45) is -4.27. The molecule has 0 aliphatic rings. The summed E-state index contributed by atoms with van der Waals surface area (Å²) in [5, 5.41) is 10.8. The predicted molar refractivity (Wildman–Crippen MR) is 127 cm³/mol. The lowest BCUT2D eigenvalue weighted by Crippen LogP contribution is -2.50. The minimum absolute atomic E-state index is 0.219. The summed E-state index contributed by atoms with van der Waals surface area (Å²) < 4.78 is 38.5. The molecule has 0 saturated carbocycles. The Morgan fingerprint density at radius 2 is 1.74 bits per heavy atom. The SMILES string of the molecule is CCNC(=O)[C@H](CCNCc1ccc(C)cc1C)NC(=O)CNC(=O)c1cccc(C(F)(F)F)c1. The van der Waals surface area contributed by atoms with Crippen molar-refractivity contribution in [1.82, 2.24) is 21.3 Å². The highest BCUT2D eigenvalue weighted by atomic mass is 19.4. The van der Waals surface area contributed by atoms with Gasteiger partial charge >= 0.3 is 6.18 Å². The molecule has 1 atom stereocenters. The number of alkyl halides is 3. The number of nitrogens with one attached hydrogen (secondary N) is 4. The van der Waals surface area contributed by atoms with Gasteiger partial charge in [-0.3, -0.25) is 14.4 Å². The molecule has 190 valence electrons. The van der Waals surface area contributed by atoms with Crippen molar-refractivity contribution in [1.29, 1.82) is 0 Å². The molecule has 10 heteroatoms. The van der Waals surface area contributed by atoms with Crippen LogP contribution in [0, 0.1) is 13.8 Å². The maximum absolute atomic E-state index is 12.8. The van der Waals surface area contributed by atoms with Crippen molar-refractivity contribution in [3.63, 3.8) is 0 Å². The summed E-state index contributed by atoms with van der Waals surface area (Å²) in [5.41, 5.74) is 2.28. The summed E-state index contributed by atoms with van der Waals surface area (Å²) in [6.45, 7) is 6.75. The molecule has 2 rings (SSSR count). The van der Waals surface area contributed by atoms with Crippen molar-refractivity contribution in [2.45, 2.75) is 46.0 Å². The molecule has 35 heavy (non-hydrogen) atoms. The van der Waals surface area contributed by atoms with E-state index in [1.165, 1.54) is 11.6 Å². The van der Waals surface area contributed by atoms with E-state index in [1.54, 1.807) is 6.92 Å². The van der Waals surface area contributed by atoms with E-state index < -0.39 is 36.1 Å². The number of aryl methyl sites for hydroxylation is 2. The molecular weight excluding hydrogens is 461 g/mol. The molecule has 0 fully saturated rings. The first-order chi connectivity index (χ1) is 16.5. The summed E-state index contributed by atoms with van der Waals surface area (Å²) >= 11 is 0. The molecular formula is C25H31F3N4O3. The molecule has 0 radical (unpaired) electrons. The van der Waals surface area contributed by atoms with Crippen molar-refractivity contribution in [2.75, 3.05) is 19.6 Å². The number of rotatable bonds is 11. The van der Waals surface area contributed by atoms with E-state index in [2.05, 4.69) is 27.3 Å². The minimum Gasteiger partial charge on any atom is -0.355 e. The summed E-state index contributed by atoms with van der Waals surface area (Å²) in [4.78, 5) is 36.9. The van der Waals surface area contributed by atoms with E-state index in [0.717, 1.165) is 23.3 Å². The number of amides is 3. The van der Waals surface area contributed by atoms with Gasteiger partial charge in [0.1, 0.15) is 6.04 Å². The Morgan fingerprint density at radius 3 is 2.40 bits per heavy atom. The fraction of sp³-hybridized carbons (Fsp3) is 0.400. The number of halogens is 3. The maximum atomic E-state index is 12.8. The van der Waals surface area contributed by atoms with Gasteiger partial charge in [0.25, 0.3) is 5.91 Å². The lowest BCUT2D eigenvalue weighted by Gasteiger charge is -2.19. The predicted octanol–water partition coefficient (Wildman–Crippen LogP) is 2.85. The van der Waals surface area contributed by atoms with Gasteiger partial charge in [0.2, 0.25) is 11.8 Å². The fourth-order valence-corrected chi connectivity index (χ4v) is 3.42. The average molecular weight is 493 g/mol. The Kier molecular flexibility index (Phi) is 10.3. The molecule has 0 bridgehead atoms. The zero-order chi connectivity index (χ0) is 26.0. The van der Waals surface area contributed by atoms with Crippen LogP contribution in [0.25, 0.3) is 0 Å². The second kappa shape index (κ2) is 12.9. The lowest BCUT2D eigenvalue weighted by molar-refractivity contribution is -0.137. The molecule has 3 amide bonds. The standard InChI is InChI=1S/C25H31F3N4O3/c1-4-30-24(35)21(10-11-29-14-19-9-8-16(2)12-17(19)3)32-22(33)15-31-23(34)18-6-5-7-20(13-18)25(26,27)28/h5-9,12-13,21,29H,4,10-11,14-15H2,1-3H3,(H,30,35)(H,31,34)(H,32,33)/t21-/m0/s1. The minimum atomic E-state index is -4.58. The largest absolute Gasteiger partial charge is 0.416 e. The molecule has 0 aliphatic carbocycles. The zero-order valence-electron chi connectivity index (χ0n) is 20.0. The van der Waals surface area contributed by atoms with E-state index in [9.17, 15) is 27.6 Å². The molecule has 0 aliphatic heterocycles. The van der Waals surface area contributed by atoms with Gasteiger partial charge in [-0.15, -0.1) is 0 Å². The fourth-order valence-electron chi connectivity index (χ4n) is 3.42. The highest BCUT2D eigenvalue weighted by molar-refractivity contribution is 5.97. The number of likely N-dealkylation sites (N-methyl/N-ethyl adjacent to an activating group) is 1. The first kappa shape index (κ1) is 27.8. The number of hydrogen-bond acceptors (Lipinski definition) is 4. The zero-order valence-corrected chi connectivity index (χ0v) is 20.0. The Bertz CT molecular complexity index is 1040. The molecule has 4 N–H and O–H groups in total. The van der Waals surface area contributed by atoms with Crippen LogP contribution in [0.4, 0.5) is 13.2 Å². The molecule has 0 aromatic heterocycles. The van der Waals surface area contributed by atoms with Crippen LogP contribution < -0.4 is 21.3 Å². The topological polar surface area (TPSA) is 99.3 Å². The lowest BCUT2D eigenvalue weighted by atomic mass is 10.1. The maximum Gasteiger partial charge on any atom is 0.416 e. The normalized spacial score (nSPS) is 12.1. The van der Waals surface area contributed by atoms with Gasteiger partial charge in [-0.1, -0.05) is 29.8 Å². The first-order valence-electron chi connectivity index (χ1n) is 11.3. The number of carbonyl (C=O) groups excluding carboxylic acids is 3. The Morgan fingerprint density at radius 1 is 1.00 bits per heavy atom. The van der Waals surface area contributed by atoms with Gasteiger partial charge in [-0.25, -0.2) is 0 Å². The Hall–Kier alpha value is -3.40. The van der Waals surface area contributed by atoms with Crippen LogP contribution in [0.15, 0.2) is 42.5 Å². The van der Waals surface area contributed by atoms with Crippen LogP contribution in [0.1, 0.15) is 46.0 Å². The van der Waals surface area contributed by atoms with E-state index >= 15 is 0 Å². The quantitative estimate of drug-likeness (QED) is 0.363. The number of benzene rings is 2. The summed E-state index contributed by atoms with van der Waals surface area (Å²) in [5.74, 6) is -1.81. The van der Waals surface area contributed by atoms with E-state index in [1.807, 2.05) is 26.0 Å². The molecule has 0 unspecified atom stereocenters. The number of carbonyl (C=O) groups is 3. The van der Waals surface area contributed by atoms with Crippen LogP contribution in [-0.4, -0.2) is 43.4 Å². The monoisotopic (exact) mass is 492 g/mol. The van der Waals surface area contributed by atoms with Crippen LogP contribution in [0.2, 0.25) is 0 Å². The van der Waals surface area contributed by atoms with Crippen LogP contribution >= 0.6 is 0 Å². The highest BCUT2D eigenvalue weighted by Crippen LogP contribution is 2.29. The van der Waals surface area contributed by atoms with E-state index in [-0.39, 0.29) is 11.5 Å². The van der Waals surface area contributed by atoms with Crippen LogP contribution in [-0.2, 0) is 22.3 Å². The average Bonchev–Trinajstić information content (AvgIpc) is 2.80. The van der Waals surface area contributed by atoms with Gasteiger partial charge in [0, 0.05) is 18.7 Å². The van der Waals surface area contributed by atoms with Crippen molar-refractivity contribution in [2.24, 2.45) is 0 Å². The van der Waals surface area contributed by atoms with Gasteiger partial charge in [0.05, 0.1) is 12.1 Å². The molecule has 0 heterocycles. The molecule has 0 spiro atoms. The Balaban J connectivity index is 1.88. The van der Waals surface area contributed by atoms with Gasteiger partial charge in [0.15, 0.2) is 0 Å². The summed E-state index contributed by atoms with van der Waals surface area (Å²) in [6, 6.07) is 9.22. The molecule has 2 aromatic rings. The van der Waals surface area contributed by atoms with Gasteiger partial charge < -0.3 is 21.3 Å². The third kappa shape index (κ3) is 9.05. The van der Waals surface area contributed by atoms with Crippen LogP contribution in [0.3, 0.4) is 0 Å². The van der Waals surface area contributed by atoms with Crippen molar-refractivity contribution >= 4 is 17.7 Å². The van der Waals surface area contributed by atoms with E-state index in [0.29, 0.717) is 32.1 Å². The third-order valence-electron chi connectivity index (χ3n) is 5.29. The van der Waals surface area contributed by atoms with Gasteiger partial charge in [-0.2, -0.15) is 13.2 Å².